The zero-order chi connectivity index (χ0) is 14.9. The van der Waals surface area contributed by atoms with Crippen LogP contribution in [0.15, 0.2) is 84.0 Å². The van der Waals surface area contributed by atoms with Gasteiger partial charge in [-0.25, -0.2) is 0 Å². The molecule has 0 N–H and O–H groups in total. The molecule has 1 saturated heterocycles. The number of rotatable bonds is 2. The summed E-state index contributed by atoms with van der Waals surface area (Å²) in [5.41, 5.74) is 2.79. The topological polar surface area (TPSA) is 35.5 Å². The molecule has 2 heterocycles. The first-order valence-electron chi connectivity index (χ1n) is 7.49. The van der Waals surface area contributed by atoms with Gasteiger partial charge >= 0.3 is 0 Å². The normalized spacial score (nSPS) is 20.5. The summed E-state index contributed by atoms with van der Waals surface area (Å²) in [6.45, 7) is 0.594. The molecule has 0 aliphatic carbocycles. The predicted molar refractivity (Wildman–Crippen MR) is 83.8 cm³/mol. The van der Waals surface area contributed by atoms with Gasteiger partial charge in [0.25, 0.3) is 0 Å². The molecule has 0 saturated carbocycles. The standard InChI is InChI=1S/C19H17NO2/c21-19-16-11-12-22-18(16)13-17(14-7-3-1-4-8-14)20(19)15-9-5-2-6-10-15/h1-10,13,17,21H,11-12H2/p-1. The molecule has 3 nitrogen and oxygen atoms in total. The predicted octanol–water partition coefficient (Wildman–Crippen LogP) is 3.12. The molecule has 0 spiro atoms. The number of allylic oxidation sites excluding steroid dienone is 1. The average Bonchev–Trinajstić information content (AvgIpc) is 3.05. The maximum absolute atomic E-state index is 13.0. The first kappa shape index (κ1) is 13.0. The van der Waals surface area contributed by atoms with Crippen LogP contribution in [-0.4, -0.2) is 6.61 Å². The quantitative estimate of drug-likeness (QED) is 0.852. The van der Waals surface area contributed by atoms with Crippen molar-refractivity contribution in [1.82, 2.24) is 0 Å². The van der Waals surface area contributed by atoms with E-state index in [1.54, 1.807) is 0 Å². The fourth-order valence-electron chi connectivity index (χ4n) is 3.09. The summed E-state index contributed by atoms with van der Waals surface area (Å²) >= 11 is 0. The van der Waals surface area contributed by atoms with Crippen molar-refractivity contribution < 1.29 is 9.84 Å². The van der Waals surface area contributed by atoms with Gasteiger partial charge in [-0.15, -0.1) is 0 Å². The molecule has 4 rings (SSSR count). The van der Waals surface area contributed by atoms with E-state index in [0.29, 0.717) is 13.0 Å². The summed E-state index contributed by atoms with van der Waals surface area (Å²) in [6, 6.07) is 19.8. The van der Waals surface area contributed by atoms with E-state index >= 15 is 0 Å². The van der Waals surface area contributed by atoms with Gasteiger partial charge in [-0.3, -0.25) is 0 Å². The van der Waals surface area contributed by atoms with Gasteiger partial charge in [0.15, 0.2) is 0 Å². The first-order chi connectivity index (χ1) is 10.8. The van der Waals surface area contributed by atoms with E-state index in [4.69, 9.17) is 4.74 Å². The number of benzene rings is 2. The number of nitrogens with zero attached hydrogens (tertiary/aromatic N) is 1. The van der Waals surface area contributed by atoms with Gasteiger partial charge in [0.05, 0.1) is 12.6 Å². The Morgan fingerprint density at radius 2 is 1.64 bits per heavy atom. The largest absolute Gasteiger partial charge is 0.860 e. The molecule has 0 radical (unpaired) electrons. The van der Waals surface area contributed by atoms with Crippen LogP contribution in [0.4, 0.5) is 5.69 Å². The first-order valence-corrected chi connectivity index (χ1v) is 7.49. The van der Waals surface area contributed by atoms with Gasteiger partial charge in [0.1, 0.15) is 5.76 Å². The van der Waals surface area contributed by atoms with Gasteiger partial charge < -0.3 is 14.7 Å². The van der Waals surface area contributed by atoms with Crippen molar-refractivity contribution in [2.45, 2.75) is 12.5 Å². The number of ether oxygens (including phenoxy) is 1. The highest BCUT2D eigenvalue weighted by atomic mass is 16.5. The summed E-state index contributed by atoms with van der Waals surface area (Å²) in [7, 11) is 0. The Kier molecular flexibility index (Phi) is 3.11. The number of anilines is 1. The Bertz CT molecular complexity index is 735. The van der Waals surface area contributed by atoms with E-state index in [9.17, 15) is 5.11 Å². The van der Waals surface area contributed by atoms with Crippen molar-refractivity contribution >= 4 is 5.69 Å². The van der Waals surface area contributed by atoms with Crippen molar-refractivity contribution in [3.05, 3.63) is 89.5 Å². The minimum absolute atomic E-state index is 0.0510. The molecule has 0 bridgehead atoms. The average molecular weight is 290 g/mol. The second-order valence-corrected chi connectivity index (χ2v) is 5.47. The number of hydrogen-bond acceptors (Lipinski definition) is 3. The Hall–Kier alpha value is -2.68. The highest BCUT2D eigenvalue weighted by molar-refractivity contribution is 5.59. The van der Waals surface area contributed by atoms with Crippen LogP contribution in [0.5, 0.6) is 0 Å². The minimum atomic E-state index is -0.132. The van der Waals surface area contributed by atoms with Crippen LogP contribution < -0.4 is 10.0 Å². The second kappa shape index (κ2) is 5.26. The van der Waals surface area contributed by atoms with Gasteiger partial charge in [-0.05, 0) is 29.7 Å². The third-order valence-corrected chi connectivity index (χ3v) is 4.15. The highest BCUT2D eigenvalue weighted by Crippen LogP contribution is 2.40. The SMILES string of the molecule is [O-]C1=C2CCOC2=CC(c2ccccc2)N1c1ccccc1. The van der Waals surface area contributed by atoms with Gasteiger partial charge in [0, 0.05) is 17.7 Å². The molecular formula is C19H16NO2-. The van der Waals surface area contributed by atoms with Crippen LogP contribution in [0.25, 0.3) is 0 Å². The Morgan fingerprint density at radius 3 is 2.36 bits per heavy atom. The van der Waals surface area contributed by atoms with E-state index < -0.39 is 0 Å². The highest BCUT2D eigenvalue weighted by Gasteiger charge is 2.29. The molecular weight excluding hydrogens is 274 g/mol. The molecule has 2 aromatic rings. The molecule has 2 aromatic carbocycles. The maximum Gasteiger partial charge on any atom is 0.121 e. The third-order valence-electron chi connectivity index (χ3n) is 4.15. The maximum atomic E-state index is 13.0. The van der Waals surface area contributed by atoms with Crippen molar-refractivity contribution in [1.29, 1.82) is 0 Å². The lowest BCUT2D eigenvalue weighted by atomic mass is 9.98. The summed E-state index contributed by atoms with van der Waals surface area (Å²) in [4.78, 5) is 1.86. The van der Waals surface area contributed by atoms with Crippen LogP contribution in [-0.2, 0) is 4.74 Å². The Morgan fingerprint density at radius 1 is 0.955 bits per heavy atom. The lowest BCUT2D eigenvalue weighted by Gasteiger charge is -2.41. The summed E-state index contributed by atoms with van der Waals surface area (Å²) < 4.78 is 5.64. The van der Waals surface area contributed by atoms with E-state index in [1.807, 2.05) is 65.6 Å². The van der Waals surface area contributed by atoms with Gasteiger partial charge in [-0.1, -0.05) is 48.5 Å². The molecule has 2 aliphatic rings. The number of hydrogen-bond donors (Lipinski definition) is 0. The van der Waals surface area contributed by atoms with Gasteiger partial charge in [0.2, 0.25) is 0 Å². The van der Waals surface area contributed by atoms with Gasteiger partial charge in [-0.2, -0.15) is 0 Å². The molecule has 1 fully saturated rings. The zero-order valence-corrected chi connectivity index (χ0v) is 12.1. The van der Waals surface area contributed by atoms with Crippen LogP contribution in [0.2, 0.25) is 0 Å². The molecule has 22 heavy (non-hydrogen) atoms. The smallest absolute Gasteiger partial charge is 0.121 e. The molecule has 0 amide bonds. The summed E-state index contributed by atoms with van der Waals surface area (Å²) in [5.74, 6) is 0.807. The van der Waals surface area contributed by atoms with E-state index in [-0.39, 0.29) is 11.9 Å². The van der Waals surface area contributed by atoms with Crippen LogP contribution in [0.3, 0.4) is 0 Å². The van der Waals surface area contributed by atoms with E-state index in [0.717, 1.165) is 22.6 Å². The summed E-state index contributed by atoms with van der Waals surface area (Å²) in [5, 5.41) is 13.0. The van der Waals surface area contributed by atoms with Crippen molar-refractivity contribution in [3.8, 4) is 0 Å². The number of para-hydroxylation sites is 1. The third kappa shape index (κ3) is 2.06. The monoisotopic (exact) mass is 290 g/mol. The Labute approximate surface area is 129 Å². The van der Waals surface area contributed by atoms with Crippen LogP contribution in [0, 0.1) is 0 Å². The second-order valence-electron chi connectivity index (χ2n) is 5.47. The minimum Gasteiger partial charge on any atom is -0.860 e. The van der Waals surface area contributed by atoms with Crippen molar-refractivity contribution in [2.24, 2.45) is 0 Å². The van der Waals surface area contributed by atoms with Crippen molar-refractivity contribution in [3.63, 3.8) is 0 Å². The van der Waals surface area contributed by atoms with E-state index in [1.165, 1.54) is 0 Å². The molecule has 0 aromatic heterocycles. The molecule has 3 heteroatoms. The number of fused-ring (bicyclic) bond motifs is 1. The van der Waals surface area contributed by atoms with E-state index in [2.05, 4.69) is 6.08 Å². The molecule has 1 atom stereocenters. The van der Waals surface area contributed by atoms with Crippen LogP contribution >= 0.6 is 0 Å². The summed E-state index contributed by atoms with van der Waals surface area (Å²) in [6.07, 6.45) is 2.75. The fraction of sp³-hybridized carbons (Fsp3) is 0.158. The fourth-order valence-corrected chi connectivity index (χ4v) is 3.09. The lowest BCUT2D eigenvalue weighted by Crippen LogP contribution is -2.36. The van der Waals surface area contributed by atoms with Crippen molar-refractivity contribution in [2.75, 3.05) is 11.5 Å². The zero-order valence-electron chi connectivity index (χ0n) is 12.1. The lowest BCUT2D eigenvalue weighted by molar-refractivity contribution is -0.308. The Balaban J connectivity index is 1.86. The molecule has 2 aliphatic heterocycles. The molecule has 110 valence electrons. The molecule has 1 unspecified atom stereocenters. The van der Waals surface area contributed by atoms with Crippen LogP contribution in [0.1, 0.15) is 18.0 Å².